The van der Waals surface area contributed by atoms with Gasteiger partial charge in [-0.25, -0.2) is 4.39 Å². The van der Waals surface area contributed by atoms with Crippen LogP contribution in [-0.4, -0.2) is 23.9 Å². The van der Waals surface area contributed by atoms with Gasteiger partial charge in [-0.1, -0.05) is 42.5 Å². The first-order valence-electron chi connectivity index (χ1n) is 8.47. The first kappa shape index (κ1) is 16.4. The first-order chi connectivity index (χ1) is 11.7. The second-order valence-electron chi connectivity index (χ2n) is 6.35. The summed E-state index contributed by atoms with van der Waals surface area (Å²) in [6.07, 6.45) is 6.35. The second kappa shape index (κ2) is 7.91. The molecule has 3 heteroatoms. The predicted molar refractivity (Wildman–Crippen MR) is 94.9 cm³/mol. The summed E-state index contributed by atoms with van der Waals surface area (Å²) in [5.74, 6) is 0.420. The topological polar surface area (TPSA) is 20.3 Å². The van der Waals surface area contributed by atoms with Gasteiger partial charge in [0, 0.05) is 19.2 Å². The molecule has 1 fully saturated rings. The number of carbonyl (C=O) groups excluding carboxylic acids is 1. The number of rotatable bonds is 4. The largest absolute Gasteiger partial charge is 0.339 e. The van der Waals surface area contributed by atoms with Crippen molar-refractivity contribution < 1.29 is 9.18 Å². The van der Waals surface area contributed by atoms with Crippen molar-refractivity contribution >= 4 is 12.0 Å². The van der Waals surface area contributed by atoms with Crippen molar-refractivity contribution in [3.8, 4) is 0 Å². The number of benzene rings is 2. The maximum Gasteiger partial charge on any atom is 0.246 e. The van der Waals surface area contributed by atoms with E-state index in [1.165, 1.54) is 6.07 Å². The van der Waals surface area contributed by atoms with Gasteiger partial charge < -0.3 is 4.90 Å². The van der Waals surface area contributed by atoms with Crippen LogP contribution in [0.5, 0.6) is 0 Å². The van der Waals surface area contributed by atoms with Crippen LogP contribution in [0.15, 0.2) is 60.7 Å². The number of carbonyl (C=O) groups is 1. The van der Waals surface area contributed by atoms with Crippen molar-refractivity contribution in [3.63, 3.8) is 0 Å². The molecule has 1 aliphatic heterocycles. The number of amides is 1. The minimum Gasteiger partial charge on any atom is -0.339 e. The lowest BCUT2D eigenvalue weighted by Gasteiger charge is -2.31. The standard InChI is InChI=1S/C21H22FNO/c22-20-8-4-7-19(16-20)15-18-11-13-23(14-12-18)21(24)10-9-17-5-2-1-3-6-17/h1-10,16,18H,11-15H2/b10-9+. The number of hydrogen-bond acceptors (Lipinski definition) is 1. The molecule has 1 amide bonds. The Morgan fingerprint density at radius 1 is 1.08 bits per heavy atom. The summed E-state index contributed by atoms with van der Waals surface area (Å²) < 4.78 is 13.3. The predicted octanol–water partition coefficient (Wildman–Crippen LogP) is 4.32. The van der Waals surface area contributed by atoms with Gasteiger partial charge in [-0.05, 0) is 54.5 Å². The van der Waals surface area contributed by atoms with Crippen molar-refractivity contribution in [2.45, 2.75) is 19.3 Å². The van der Waals surface area contributed by atoms with E-state index in [1.807, 2.05) is 47.4 Å². The van der Waals surface area contributed by atoms with Gasteiger partial charge in [0.1, 0.15) is 5.82 Å². The summed E-state index contributed by atoms with van der Waals surface area (Å²) in [4.78, 5) is 14.2. The molecular weight excluding hydrogens is 301 g/mol. The highest BCUT2D eigenvalue weighted by Crippen LogP contribution is 2.22. The highest BCUT2D eigenvalue weighted by Gasteiger charge is 2.21. The van der Waals surface area contributed by atoms with E-state index in [1.54, 1.807) is 18.2 Å². The second-order valence-corrected chi connectivity index (χ2v) is 6.35. The molecule has 0 bridgehead atoms. The van der Waals surface area contributed by atoms with E-state index in [-0.39, 0.29) is 11.7 Å². The highest BCUT2D eigenvalue weighted by atomic mass is 19.1. The Balaban J connectivity index is 1.49. The Kier molecular flexibility index (Phi) is 5.42. The van der Waals surface area contributed by atoms with Crippen LogP contribution >= 0.6 is 0 Å². The summed E-state index contributed by atoms with van der Waals surface area (Å²) in [5.41, 5.74) is 2.08. The maximum atomic E-state index is 13.3. The quantitative estimate of drug-likeness (QED) is 0.767. The summed E-state index contributed by atoms with van der Waals surface area (Å²) in [6.45, 7) is 1.55. The molecular formula is C21H22FNO. The van der Waals surface area contributed by atoms with Gasteiger partial charge in [-0.15, -0.1) is 0 Å². The van der Waals surface area contributed by atoms with Crippen molar-refractivity contribution in [3.05, 3.63) is 77.6 Å². The lowest BCUT2D eigenvalue weighted by atomic mass is 9.90. The van der Waals surface area contributed by atoms with E-state index < -0.39 is 0 Å². The molecule has 0 N–H and O–H groups in total. The minimum absolute atomic E-state index is 0.0723. The monoisotopic (exact) mass is 323 g/mol. The van der Waals surface area contributed by atoms with Crippen LogP contribution in [0.3, 0.4) is 0 Å². The van der Waals surface area contributed by atoms with Crippen molar-refractivity contribution in [2.75, 3.05) is 13.1 Å². The third-order valence-electron chi connectivity index (χ3n) is 4.56. The van der Waals surface area contributed by atoms with Gasteiger partial charge in [-0.3, -0.25) is 4.79 Å². The average Bonchev–Trinajstić information content (AvgIpc) is 2.61. The molecule has 124 valence electrons. The number of nitrogens with zero attached hydrogens (tertiary/aromatic N) is 1. The first-order valence-corrected chi connectivity index (χ1v) is 8.47. The molecule has 1 saturated heterocycles. The van der Waals surface area contributed by atoms with Crippen molar-refractivity contribution in [2.24, 2.45) is 5.92 Å². The molecule has 2 nitrogen and oxygen atoms in total. The van der Waals surface area contributed by atoms with Crippen LogP contribution in [0, 0.1) is 11.7 Å². The third-order valence-corrected chi connectivity index (χ3v) is 4.56. The molecule has 0 aliphatic carbocycles. The van der Waals surface area contributed by atoms with Gasteiger partial charge in [-0.2, -0.15) is 0 Å². The fraction of sp³-hybridized carbons (Fsp3) is 0.286. The Hall–Kier alpha value is -2.42. The van der Waals surface area contributed by atoms with Crippen molar-refractivity contribution in [1.29, 1.82) is 0 Å². The summed E-state index contributed by atoms with van der Waals surface area (Å²) in [5, 5.41) is 0. The van der Waals surface area contributed by atoms with Crippen LogP contribution in [-0.2, 0) is 11.2 Å². The number of likely N-dealkylation sites (tertiary alicyclic amines) is 1. The molecule has 0 radical (unpaired) electrons. The molecule has 0 atom stereocenters. The molecule has 1 aliphatic rings. The summed E-state index contributed by atoms with van der Waals surface area (Å²) >= 11 is 0. The van der Waals surface area contributed by atoms with Crippen LogP contribution in [0.4, 0.5) is 4.39 Å². The van der Waals surface area contributed by atoms with Gasteiger partial charge in [0.15, 0.2) is 0 Å². The number of hydrogen-bond donors (Lipinski definition) is 0. The van der Waals surface area contributed by atoms with E-state index in [0.717, 1.165) is 43.5 Å². The van der Waals surface area contributed by atoms with Crippen LogP contribution in [0.1, 0.15) is 24.0 Å². The van der Waals surface area contributed by atoms with Gasteiger partial charge in [0.05, 0.1) is 0 Å². The highest BCUT2D eigenvalue weighted by molar-refractivity contribution is 5.91. The normalized spacial score (nSPS) is 15.8. The van der Waals surface area contributed by atoms with Gasteiger partial charge in [0.25, 0.3) is 0 Å². The molecule has 0 aromatic heterocycles. The zero-order valence-electron chi connectivity index (χ0n) is 13.7. The minimum atomic E-state index is -0.175. The maximum absolute atomic E-state index is 13.3. The van der Waals surface area contributed by atoms with E-state index in [0.29, 0.717) is 5.92 Å². The Morgan fingerprint density at radius 2 is 1.83 bits per heavy atom. The van der Waals surface area contributed by atoms with Gasteiger partial charge >= 0.3 is 0 Å². The van der Waals surface area contributed by atoms with Crippen LogP contribution < -0.4 is 0 Å². The smallest absolute Gasteiger partial charge is 0.246 e. The lowest BCUT2D eigenvalue weighted by Crippen LogP contribution is -2.37. The van der Waals surface area contributed by atoms with Gasteiger partial charge in [0.2, 0.25) is 5.91 Å². The molecule has 24 heavy (non-hydrogen) atoms. The van der Waals surface area contributed by atoms with E-state index in [2.05, 4.69) is 0 Å². The molecule has 2 aromatic rings. The summed E-state index contributed by atoms with van der Waals surface area (Å²) in [6, 6.07) is 16.7. The Bertz CT molecular complexity index is 703. The lowest BCUT2D eigenvalue weighted by molar-refractivity contribution is -0.127. The molecule has 1 heterocycles. The molecule has 0 saturated carbocycles. The number of piperidine rings is 1. The zero-order valence-corrected chi connectivity index (χ0v) is 13.7. The zero-order chi connectivity index (χ0) is 16.8. The fourth-order valence-electron chi connectivity index (χ4n) is 3.19. The Labute approximate surface area is 142 Å². The third kappa shape index (κ3) is 4.54. The van der Waals surface area contributed by atoms with E-state index in [9.17, 15) is 9.18 Å². The number of halogens is 1. The average molecular weight is 323 g/mol. The summed E-state index contributed by atoms with van der Waals surface area (Å²) in [7, 11) is 0. The fourth-order valence-corrected chi connectivity index (χ4v) is 3.19. The molecule has 2 aromatic carbocycles. The molecule has 0 unspecified atom stereocenters. The van der Waals surface area contributed by atoms with E-state index >= 15 is 0 Å². The van der Waals surface area contributed by atoms with Crippen LogP contribution in [0.25, 0.3) is 6.08 Å². The Morgan fingerprint density at radius 3 is 2.54 bits per heavy atom. The van der Waals surface area contributed by atoms with Crippen molar-refractivity contribution in [1.82, 2.24) is 4.90 Å². The van der Waals surface area contributed by atoms with E-state index in [4.69, 9.17) is 0 Å². The van der Waals surface area contributed by atoms with Crippen LogP contribution in [0.2, 0.25) is 0 Å². The SMILES string of the molecule is O=C(/C=C/c1ccccc1)N1CCC(Cc2cccc(F)c2)CC1. The molecule has 3 rings (SSSR count). The molecule has 0 spiro atoms.